The summed E-state index contributed by atoms with van der Waals surface area (Å²) in [7, 11) is 0. The van der Waals surface area contributed by atoms with Crippen LogP contribution in [0.2, 0.25) is 0 Å². The Morgan fingerprint density at radius 2 is 2.03 bits per heavy atom. The molecule has 2 atom stereocenters. The number of nitrogens with one attached hydrogen (secondary N) is 2. The average Bonchev–Trinajstić information content (AvgIpc) is 3.27. The van der Waals surface area contributed by atoms with Crippen molar-refractivity contribution in [1.82, 2.24) is 25.0 Å². The third kappa shape index (κ3) is 3.79. The molecule has 1 fully saturated rings. The number of pyridine rings is 1. The fourth-order valence-electron chi connectivity index (χ4n) is 4.82. The van der Waals surface area contributed by atoms with Crippen molar-refractivity contribution in [3.05, 3.63) is 41.7 Å². The summed E-state index contributed by atoms with van der Waals surface area (Å²) in [6, 6.07) is 7.14. The second-order valence-corrected chi connectivity index (χ2v) is 8.72. The molecule has 5 rings (SSSR count). The predicted molar refractivity (Wildman–Crippen MR) is 114 cm³/mol. The summed E-state index contributed by atoms with van der Waals surface area (Å²) >= 11 is 0. The van der Waals surface area contributed by atoms with Crippen molar-refractivity contribution in [3.8, 4) is 11.3 Å². The molecule has 2 N–H and O–H groups in total. The largest absolute Gasteiger partial charge is 0.401 e. The molecule has 0 spiro atoms. The number of hydrogen-bond donors (Lipinski definition) is 2. The SMILES string of the molecule is Cc1cc(-c2n[nH]c3cc4c(cc23)CN([C@@H]2CN(CC(F)(F)F)C[C@H]2C)C(=O)N4)ccn1. The standard InChI is InChI=1S/C22H23F3N6O/c1-12-8-30(11-22(23,24)25)10-19(12)31-9-15-6-16-18(7-17(15)27-21(31)32)28-29-20(16)14-3-4-26-13(2)5-14/h3-7,12,19H,8-11H2,1-2H3,(H,27,32)(H,28,29)/t12-,19-/m1/s1. The Morgan fingerprint density at radius 3 is 2.78 bits per heavy atom. The van der Waals surface area contributed by atoms with Gasteiger partial charge in [0.2, 0.25) is 0 Å². The van der Waals surface area contributed by atoms with E-state index in [-0.39, 0.29) is 24.5 Å². The summed E-state index contributed by atoms with van der Waals surface area (Å²) in [5.74, 6) is -0.0577. The number of aryl methyl sites for hydroxylation is 1. The number of aromatic nitrogens is 3. The van der Waals surface area contributed by atoms with E-state index in [4.69, 9.17) is 0 Å². The Morgan fingerprint density at radius 1 is 1.22 bits per heavy atom. The molecule has 2 aliphatic heterocycles. The maximum absolute atomic E-state index is 12.9. The van der Waals surface area contributed by atoms with Crippen molar-refractivity contribution in [2.75, 3.05) is 25.0 Å². The Bertz CT molecular complexity index is 1190. The van der Waals surface area contributed by atoms with E-state index in [0.717, 1.165) is 33.4 Å². The van der Waals surface area contributed by atoms with E-state index in [9.17, 15) is 18.0 Å². The van der Waals surface area contributed by atoms with Gasteiger partial charge in [0.05, 0.1) is 18.1 Å². The molecule has 2 amide bonds. The molecule has 7 nitrogen and oxygen atoms in total. The number of halogens is 3. The quantitative estimate of drug-likeness (QED) is 0.636. The number of carbonyl (C=O) groups is 1. The molecule has 168 valence electrons. The van der Waals surface area contributed by atoms with Crippen LogP contribution in [0.1, 0.15) is 18.2 Å². The van der Waals surface area contributed by atoms with Crippen molar-refractivity contribution < 1.29 is 18.0 Å². The second kappa shape index (κ2) is 7.47. The van der Waals surface area contributed by atoms with E-state index >= 15 is 0 Å². The third-order valence-electron chi connectivity index (χ3n) is 6.25. The van der Waals surface area contributed by atoms with Gasteiger partial charge in [0.25, 0.3) is 0 Å². The lowest BCUT2D eigenvalue weighted by Crippen LogP contribution is -2.48. The zero-order valence-electron chi connectivity index (χ0n) is 17.7. The van der Waals surface area contributed by atoms with Crippen molar-refractivity contribution in [2.45, 2.75) is 32.6 Å². The average molecular weight is 444 g/mol. The molecule has 0 unspecified atom stereocenters. The number of nitrogens with zero attached hydrogens (tertiary/aromatic N) is 4. The number of amides is 2. The predicted octanol–water partition coefficient (Wildman–Crippen LogP) is 4.16. The first kappa shape index (κ1) is 20.7. The lowest BCUT2D eigenvalue weighted by atomic mass is 10.00. The Hall–Kier alpha value is -3.14. The Labute approximate surface area is 182 Å². The minimum Gasteiger partial charge on any atom is -0.316 e. The van der Waals surface area contributed by atoms with E-state index in [1.54, 1.807) is 11.1 Å². The zero-order chi connectivity index (χ0) is 22.6. The minimum atomic E-state index is -4.25. The van der Waals surface area contributed by atoms with Crippen molar-refractivity contribution >= 4 is 22.6 Å². The number of alkyl halides is 3. The molecule has 0 radical (unpaired) electrons. The first-order chi connectivity index (χ1) is 15.2. The Balaban J connectivity index is 1.45. The van der Waals surface area contributed by atoms with Crippen LogP contribution in [-0.4, -0.2) is 62.9 Å². The van der Waals surface area contributed by atoms with Gasteiger partial charge < -0.3 is 10.2 Å². The first-order valence-electron chi connectivity index (χ1n) is 10.5. The van der Waals surface area contributed by atoms with Crippen LogP contribution >= 0.6 is 0 Å². The molecule has 0 saturated carbocycles. The molecule has 3 aromatic rings. The van der Waals surface area contributed by atoms with E-state index in [0.29, 0.717) is 18.8 Å². The molecular formula is C22H23F3N6O. The Kier molecular flexibility index (Phi) is 4.85. The highest BCUT2D eigenvalue weighted by Gasteiger charge is 2.42. The highest BCUT2D eigenvalue weighted by molar-refractivity contribution is 6.00. The van der Waals surface area contributed by atoms with Crippen LogP contribution in [0.15, 0.2) is 30.5 Å². The molecule has 2 aromatic heterocycles. The highest BCUT2D eigenvalue weighted by atomic mass is 19.4. The summed E-state index contributed by atoms with van der Waals surface area (Å²) in [4.78, 5) is 20.1. The third-order valence-corrected chi connectivity index (χ3v) is 6.25. The summed E-state index contributed by atoms with van der Waals surface area (Å²) in [6.45, 7) is 3.72. The van der Waals surface area contributed by atoms with Gasteiger partial charge in [0.15, 0.2) is 0 Å². The van der Waals surface area contributed by atoms with Gasteiger partial charge in [-0.25, -0.2) is 4.79 Å². The van der Waals surface area contributed by atoms with Crippen LogP contribution in [0.5, 0.6) is 0 Å². The molecule has 1 aromatic carbocycles. The number of urea groups is 1. The smallest absolute Gasteiger partial charge is 0.316 e. The van der Waals surface area contributed by atoms with Crippen LogP contribution in [0.3, 0.4) is 0 Å². The monoisotopic (exact) mass is 444 g/mol. The molecule has 0 bridgehead atoms. The van der Waals surface area contributed by atoms with Crippen LogP contribution in [0.25, 0.3) is 22.2 Å². The lowest BCUT2D eigenvalue weighted by molar-refractivity contribution is -0.144. The van der Waals surface area contributed by atoms with Gasteiger partial charge >= 0.3 is 12.2 Å². The summed E-state index contributed by atoms with van der Waals surface area (Å²) in [6.07, 6.45) is -2.51. The van der Waals surface area contributed by atoms with Crippen LogP contribution < -0.4 is 5.32 Å². The molecule has 1 saturated heterocycles. The normalized spacial score (nSPS) is 21.8. The van der Waals surface area contributed by atoms with Crippen molar-refractivity contribution in [3.63, 3.8) is 0 Å². The van der Waals surface area contributed by atoms with Crippen LogP contribution in [0, 0.1) is 12.8 Å². The maximum Gasteiger partial charge on any atom is 0.401 e. The van der Waals surface area contributed by atoms with Gasteiger partial charge in [0, 0.05) is 48.2 Å². The summed E-state index contributed by atoms with van der Waals surface area (Å²) < 4.78 is 38.6. The molecule has 4 heterocycles. The molecule has 0 aliphatic carbocycles. The number of H-pyrrole nitrogens is 1. The minimum absolute atomic E-state index is 0.0577. The maximum atomic E-state index is 12.9. The van der Waals surface area contributed by atoms with Gasteiger partial charge in [-0.05, 0) is 42.7 Å². The van der Waals surface area contributed by atoms with E-state index < -0.39 is 12.7 Å². The van der Waals surface area contributed by atoms with Crippen molar-refractivity contribution in [2.24, 2.45) is 5.92 Å². The van der Waals surface area contributed by atoms with Gasteiger partial charge in [-0.3, -0.25) is 15.0 Å². The first-order valence-corrected chi connectivity index (χ1v) is 10.5. The van der Waals surface area contributed by atoms with Gasteiger partial charge in [-0.15, -0.1) is 0 Å². The topological polar surface area (TPSA) is 77.2 Å². The highest BCUT2D eigenvalue weighted by Crippen LogP contribution is 2.35. The van der Waals surface area contributed by atoms with Gasteiger partial charge in [0.1, 0.15) is 5.69 Å². The fourth-order valence-corrected chi connectivity index (χ4v) is 4.82. The fraction of sp³-hybridized carbons (Fsp3) is 0.409. The van der Waals surface area contributed by atoms with E-state index in [2.05, 4.69) is 20.5 Å². The van der Waals surface area contributed by atoms with E-state index in [1.165, 1.54) is 4.90 Å². The van der Waals surface area contributed by atoms with Crippen LogP contribution in [0.4, 0.5) is 23.7 Å². The number of likely N-dealkylation sites (tertiary alicyclic amines) is 1. The molecule has 10 heteroatoms. The number of hydrogen-bond acceptors (Lipinski definition) is 4. The van der Waals surface area contributed by atoms with Gasteiger partial charge in [-0.2, -0.15) is 18.3 Å². The number of aromatic amines is 1. The second-order valence-electron chi connectivity index (χ2n) is 8.72. The number of benzene rings is 1. The lowest BCUT2D eigenvalue weighted by Gasteiger charge is -2.35. The number of carbonyl (C=O) groups excluding carboxylic acids is 1. The number of fused-ring (bicyclic) bond motifs is 2. The molecule has 32 heavy (non-hydrogen) atoms. The van der Waals surface area contributed by atoms with Gasteiger partial charge in [-0.1, -0.05) is 6.92 Å². The van der Waals surface area contributed by atoms with Crippen LogP contribution in [-0.2, 0) is 6.54 Å². The number of anilines is 1. The number of rotatable bonds is 3. The summed E-state index contributed by atoms with van der Waals surface area (Å²) in [5, 5.41) is 11.3. The van der Waals surface area contributed by atoms with E-state index in [1.807, 2.05) is 38.1 Å². The molecular weight excluding hydrogens is 421 g/mol. The van der Waals surface area contributed by atoms with Crippen molar-refractivity contribution in [1.29, 1.82) is 0 Å². The zero-order valence-corrected chi connectivity index (χ0v) is 17.7. The summed E-state index contributed by atoms with van der Waals surface area (Å²) in [5.41, 5.74) is 5.01. The molecule has 2 aliphatic rings.